The molecule has 6 heteroatoms. The predicted octanol–water partition coefficient (Wildman–Crippen LogP) is 3.80. The molecular formula is C14H16N4S2. The summed E-state index contributed by atoms with van der Waals surface area (Å²) in [7, 11) is 0. The number of fused-ring (bicyclic) bond motifs is 1. The van der Waals surface area contributed by atoms with Crippen LogP contribution in [0.1, 0.15) is 24.7 Å². The lowest BCUT2D eigenvalue weighted by Gasteiger charge is -1.97. The van der Waals surface area contributed by atoms with Crippen LogP contribution in [0.15, 0.2) is 24.3 Å². The van der Waals surface area contributed by atoms with E-state index in [1.165, 1.54) is 12.0 Å². The molecule has 0 amide bonds. The first-order valence-corrected chi connectivity index (χ1v) is 8.61. The van der Waals surface area contributed by atoms with Crippen molar-refractivity contribution in [2.75, 3.05) is 5.75 Å². The molecule has 1 aromatic carbocycles. The molecule has 2 heterocycles. The Morgan fingerprint density at radius 1 is 1.20 bits per heavy atom. The molecule has 3 rings (SSSR count). The molecule has 0 unspecified atom stereocenters. The Labute approximate surface area is 126 Å². The van der Waals surface area contributed by atoms with Gasteiger partial charge < -0.3 is 0 Å². The van der Waals surface area contributed by atoms with Crippen LogP contribution >= 0.6 is 23.1 Å². The fraction of sp³-hybridized carbons (Fsp3) is 0.357. The third-order valence-electron chi connectivity index (χ3n) is 2.93. The molecule has 0 fully saturated rings. The van der Waals surface area contributed by atoms with Gasteiger partial charge in [-0.15, -0.1) is 10.2 Å². The molecule has 0 aliphatic rings. The fourth-order valence-electron chi connectivity index (χ4n) is 1.87. The molecule has 0 aliphatic carbocycles. The van der Waals surface area contributed by atoms with Crippen molar-refractivity contribution in [3.63, 3.8) is 0 Å². The smallest absolute Gasteiger partial charge is 0.186 e. The van der Waals surface area contributed by atoms with Crippen LogP contribution in [0, 0.1) is 6.92 Å². The van der Waals surface area contributed by atoms with Gasteiger partial charge in [0, 0.05) is 5.56 Å². The maximum atomic E-state index is 4.65. The molecular weight excluding hydrogens is 288 g/mol. The number of nitrogens with zero attached hydrogens (tertiary/aromatic N) is 4. The monoisotopic (exact) mass is 304 g/mol. The minimum Gasteiger partial charge on any atom is -0.186 e. The largest absolute Gasteiger partial charge is 0.235 e. The lowest BCUT2D eigenvalue weighted by atomic mass is 10.2. The number of hydrogen-bond acceptors (Lipinski definition) is 5. The van der Waals surface area contributed by atoms with Crippen LogP contribution in [0.5, 0.6) is 0 Å². The van der Waals surface area contributed by atoms with E-state index in [2.05, 4.69) is 53.4 Å². The Morgan fingerprint density at radius 2 is 2.00 bits per heavy atom. The van der Waals surface area contributed by atoms with E-state index in [0.717, 1.165) is 32.9 Å². The zero-order valence-corrected chi connectivity index (χ0v) is 13.2. The third-order valence-corrected chi connectivity index (χ3v) is 5.04. The summed E-state index contributed by atoms with van der Waals surface area (Å²) in [6.07, 6.45) is 1.18. The van der Waals surface area contributed by atoms with Crippen molar-refractivity contribution in [1.82, 2.24) is 19.8 Å². The van der Waals surface area contributed by atoms with Crippen LogP contribution in [0.2, 0.25) is 0 Å². The second-order valence-corrected chi connectivity index (χ2v) is 6.70. The molecule has 0 atom stereocenters. The molecule has 2 aromatic heterocycles. The molecule has 0 saturated carbocycles. The molecule has 0 aliphatic heterocycles. The van der Waals surface area contributed by atoms with Crippen molar-refractivity contribution in [3.05, 3.63) is 35.7 Å². The number of thioether (sulfide) groups is 1. The second kappa shape index (κ2) is 5.93. The summed E-state index contributed by atoms with van der Waals surface area (Å²) >= 11 is 3.46. The van der Waals surface area contributed by atoms with Crippen molar-refractivity contribution >= 4 is 28.1 Å². The molecule has 0 bridgehead atoms. The third kappa shape index (κ3) is 2.71. The quantitative estimate of drug-likeness (QED) is 0.672. The van der Waals surface area contributed by atoms with Crippen LogP contribution in [0.25, 0.3) is 15.5 Å². The summed E-state index contributed by atoms with van der Waals surface area (Å²) in [5.74, 6) is 2.95. The van der Waals surface area contributed by atoms with Gasteiger partial charge in [0.2, 0.25) is 4.96 Å². The van der Waals surface area contributed by atoms with Crippen molar-refractivity contribution in [1.29, 1.82) is 0 Å². The molecule has 4 nitrogen and oxygen atoms in total. The summed E-state index contributed by atoms with van der Waals surface area (Å²) in [6, 6.07) is 8.42. The van der Waals surface area contributed by atoms with Crippen molar-refractivity contribution < 1.29 is 0 Å². The Kier molecular flexibility index (Phi) is 4.03. The Morgan fingerprint density at radius 3 is 2.75 bits per heavy atom. The Hall–Kier alpha value is -1.40. The van der Waals surface area contributed by atoms with Gasteiger partial charge in [-0.3, -0.25) is 0 Å². The number of aromatic nitrogens is 4. The van der Waals surface area contributed by atoms with E-state index in [1.54, 1.807) is 11.3 Å². The van der Waals surface area contributed by atoms with E-state index >= 15 is 0 Å². The van der Waals surface area contributed by atoms with Gasteiger partial charge in [0.1, 0.15) is 5.01 Å². The molecule has 0 saturated heterocycles. The first-order chi connectivity index (χ1) is 9.78. The summed E-state index contributed by atoms with van der Waals surface area (Å²) in [5, 5.41) is 14.1. The lowest BCUT2D eigenvalue weighted by molar-refractivity contribution is 0.887. The highest BCUT2D eigenvalue weighted by Crippen LogP contribution is 2.26. The number of benzene rings is 1. The number of aryl methyl sites for hydroxylation is 1. The van der Waals surface area contributed by atoms with E-state index in [0.29, 0.717) is 0 Å². The average molecular weight is 304 g/mol. The molecule has 104 valence electrons. The maximum Gasteiger partial charge on any atom is 0.235 e. The molecule has 0 spiro atoms. The van der Waals surface area contributed by atoms with Gasteiger partial charge in [-0.05, 0) is 19.1 Å². The molecule has 20 heavy (non-hydrogen) atoms. The molecule has 3 aromatic rings. The maximum absolute atomic E-state index is 4.65. The van der Waals surface area contributed by atoms with Crippen LogP contribution in [0.3, 0.4) is 0 Å². The highest BCUT2D eigenvalue weighted by atomic mass is 32.2. The van der Waals surface area contributed by atoms with Crippen LogP contribution in [-0.4, -0.2) is 25.6 Å². The number of hydrogen-bond donors (Lipinski definition) is 0. The van der Waals surface area contributed by atoms with E-state index in [1.807, 2.05) is 16.3 Å². The molecule has 0 N–H and O–H groups in total. The standard InChI is InChI=1S/C14H16N4S2/c1-3-8-19-9-12-15-16-14-18(12)17-13(20-14)11-6-4-10(2)5-7-11/h4-7H,3,8-9H2,1-2H3. The van der Waals surface area contributed by atoms with Crippen molar-refractivity contribution in [2.45, 2.75) is 26.0 Å². The predicted molar refractivity (Wildman–Crippen MR) is 85.3 cm³/mol. The van der Waals surface area contributed by atoms with Gasteiger partial charge in [-0.2, -0.15) is 21.4 Å². The van der Waals surface area contributed by atoms with Gasteiger partial charge in [0.25, 0.3) is 0 Å². The Bertz CT molecular complexity index is 700. The lowest BCUT2D eigenvalue weighted by Crippen LogP contribution is -1.94. The van der Waals surface area contributed by atoms with Crippen LogP contribution in [-0.2, 0) is 5.75 Å². The van der Waals surface area contributed by atoms with Gasteiger partial charge in [-0.1, -0.05) is 48.1 Å². The normalized spacial score (nSPS) is 11.3. The van der Waals surface area contributed by atoms with Gasteiger partial charge in [0.15, 0.2) is 5.82 Å². The highest BCUT2D eigenvalue weighted by molar-refractivity contribution is 7.98. The minimum atomic E-state index is 0.867. The first-order valence-electron chi connectivity index (χ1n) is 6.64. The highest BCUT2D eigenvalue weighted by Gasteiger charge is 2.12. The van der Waals surface area contributed by atoms with E-state index in [-0.39, 0.29) is 0 Å². The SMILES string of the molecule is CCCSCc1nnc2sc(-c3ccc(C)cc3)nn12. The van der Waals surface area contributed by atoms with Gasteiger partial charge in [-0.25, -0.2) is 0 Å². The first kappa shape index (κ1) is 13.6. The van der Waals surface area contributed by atoms with Crippen LogP contribution in [0.4, 0.5) is 0 Å². The summed E-state index contributed by atoms with van der Waals surface area (Å²) in [4.78, 5) is 0.868. The van der Waals surface area contributed by atoms with Crippen molar-refractivity contribution in [2.24, 2.45) is 0 Å². The average Bonchev–Trinajstić information content (AvgIpc) is 3.01. The summed E-state index contributed by atoms with van der Waals surface area (Å²) < 4.78 is 1.88. The minimum absolute atomic E-state index is 0.867. The zero-order valence-electron chi connectivity index (χ0n) is 11.5. The zero-order chi connectivity index (χ0) is 13.9. The molecule has 0 radical (unpaired) electrons. The van der Waals surface area contributed by atoms with Crippen LogP contribution < -0.4 is 0 Å². The van der Waals surface area contributed by atoms with Gasteiger partial charge in [0.05, 0.1) is 5.75 Å². The van der Waals surface area contributed by atoms with E-state index in [9.17, 15) is 0 Å². The van der Waals surface area contributed by atoms with Gasteiger partial charge >= 0.3 is 0 Å². The van der Waals surface area contributed by atoms with E-state index in [4.69, 9.17) is 0 Å². The summed E-state index contributed by atoms with van der Waals surface area (Å²) in [6.45, 7) is 4.27. The topological polar surface area (TPSA) is 43.1 Å². The van der Waals surface area contributed by atoms with E-state index < -0.39 is 0 Å². The summed E-state index contributed by atoms with van der Waals surface area (Å²) in [5.41, 5.74) is 2.40. The second-order valence-electron chi connectivity index (χ2n) is 4.64. The number of rotatable bonds is 5. The Balaban J connectivity index is 1.89. The van der Waals surface area contributed by atoms with Crippen molar-refractivity contribution in [3.8, 4) is 10.6 Å². The fourth-order valence-corrected chi connectivity index (χ4v) is 3.53.